The summed E-state index contributed by atoms with van der Waals surface area (Å²) in [5.41, 5.74) is 3.83. The monoisotopic (exact) mass is 372 g/mol. The minimum Gasteiger partial charge on any atom is -0.366 e. The molecular weight excluding hydrogens is 352 g/mol. The maximum atomic E-state index is 13.1. The second-order valence-corrected chi connectivity index (χ2v) is 7.19. The number of hydrogen-bond acceptors (Lipinski definition) is 5. The van der Waals surface area contributed by atoms with E-state index in [4.69, 9.17) is 4.98 Å². The van der Waals surface area contributed by atoms with Crippen LogP contribution in [0.1, 0.15) is 12.0 Å². The van der Waals surface area contributed by atoms with Gasteiger partial charge in [-0.25, -0.2) is 14.8 Å². The number of carbonyl (C=O) groups is 1. The zero-order valence-electron chi connectivity index (χ0n) is 15.5. The molecule has 0 unspecified atom stereocenters. The molecule has 7 heteroatoms. The number of aryl methyl sites for hydroxylation is 1. The minimum atomic E-state index is -0.196. The van der Waals surface area contributed by atoms with E-state index in [-0.39, 0.29) is 12.1 Å². The smallest absolute Gasteiger partial charge is 0.329 e. The van der Waals surface area contributed by atoms with Crippen molar-refractivity contribution in [3.05, 3.63) is 60.6 Å². The summed E-state index contributed by atoms with van der Waals surface area (Å²) in [7, 11) is 0. The predicted molar refractivity (Wildman–Crippen MR) is 109 cm³/mol. The van der Waals surface area contributed by atoms with Gasteiger partial charge in [-0.1, -0.05) is 6.07 Å². The maximum absolute atomic E-state index is 13.1. The number of aromatic nitrogens is 3. The van der Waals surface area contributed by atoms with Gasteiger partial charge in [-0.15, -0.1) is 0 Å². The van der Waals surface area contributed by atoms with Gasteiger partial charge in [0.25, 0.3) is 0 Å². The van der Waals surface area contributed by atoms with Crippen molar-refractivity contribution in [1.82, 2.24) is 15.0 Å². The van der Waals surface area contributed by atoms with Crippen LogP contribution in [0.5, 0.6) is 0 Å². The van der Waals surface area contributed by atoms with Crippen LogP contribution in [0, 0.1) is 6.92 Å². The first-order valence-electron chi connectivity index (χ1n) is 9.38. The van der Waals surface area contributed by atoms with Crippen LogP contribution in [-0.4, -0.2) is 40.1 Å². The third-order valence-electron chi connectivity index (χ3n) is 5.24. The van der Waals surface area contributed by atoms with Gasteiger partial charge in [-0.05, 0) is 49.2 Å². The standard InChI is InChI=1S/C21H20N6O/c1-14-10-15(12-22-11-14)17-5-6-18-20(24-17)27(16-7-9-26(18)13-16)21(28)25-19-4-2-3-8-23-19/h2-6,8,10-12,16H,7,9,13H2,1H3,(H,23,25,28)/t16-/m0/s1. The number of urea groups is 1. The number of pyridine rings is 3. The number of anilines is 3. The SMILES string of the molecule is Cc1cncc(-c2ccc3c(n2)N(C(=O)Nc2ccccn2)[C@H]2CCN3C2)c1. The summed E-state index contributed by atoms with van der Waals surface area (Å²) in [4.78, 5) is 30.6. The van der Waals surface area contributed by atoms with Gasteiger partial charge in [0, 0.05) is 37.2 Å². The van der Waals surface area contributed by atoms with Gasteiger partial charge in [0.2, 0.25) is 0 Å². The summed E-state index contributed by atoms with van der Waals surface area (Å²) in [6, 6.07) is 11.5. The molecule has 2 aliphatic heterocycles. The van der Waals surface area contributed by atoms with Crippen molar-refractivity contribution in [1.29, 1.82) is 0 Å². The maximum Gasteiger partial charge on any atom is 0.329 e. The van der Waals surface area contributed by atoms with E-state index in [1.165, 1.54) is 0 Å². The molecule has 2 bridgehead atoms. The molecule has 3 aromatic heterocycles. The molecule has 140 valence electrons. The number of nitrogens with zero attached hydrogens (tertiary/aromatic N) is 5. The van der Waals surface area contributed by atoms with Crippen molar-refractivity contribution >= 4 is 23.4 Å². The molecule has 5 heterocycles. The molecule has 5 rings (SSSR count). The minimum absolute atomic E-state index is 0.106. The van der Waals surface area contributed by atoms with Crippen LogP contribution in [-0.2, 0) is 0 Å². The van der Waals surface area contributed by atoms with Crippen LogP contribution in [0.4, 0.5) is 22.1 Å². The number of hydrogen-bond donors (Lipinski definition) is 1. The fourth-order valence-electron chi connectivity index (χ4n) is 3.93. The van der Waals surface area contributed by atoms with Crippen LogP contribution in [0.15, 0.2) is 55.0 Å². The summed E-state index contributed by atoms with van der Waals surface area (Å²) < 4.78 is 0. The number of nitrogens with one attached hydrogen (secondary N) is 1. The number of rotatable bonds is 2. The molecule has 7 nitrogen and oxygen atoms in total. The predicted octanol–water partition coefficient (Wildman–Crippen LogP) is 3.48. The van der Waals surface area contributed by atoms with E-state index >= 15 is 0 Å². The van der Waals surface area contributed by atoms with Crippen LogP contribution in [0.25, 0.3) is 11.3 Å². The summed E-state index contributed by atoms with van der Waals surface area (Å²) in [6.45, 7) is 3.77. The Bertz CT molecular complexity index is 1040. The molecule has 1 saturated heterocycles. The zero-order valence-corrected chi connectivity index (χ0v) is 15.5. The van der Waals surface area contributed by atoms with Crippen molar-refractivity contribution in [2.45, 2.75) is 19.4 Å². The van der Waals surface area contributed by atoms with Crippen molar-refractivity contribution in [2.75, 3.05) is 28.2 Å². The summed E-state index contributed by atoms with van der Waals surface area (Å²) in [5, 5.41) is 2.91. The zero-order chi connectivity index (χ0) is 19.1. The van der Waals surface area contributed by atoms with Crippen LogP contribution in [0.2, 0.25) is 0 Å². The Hall–Kier alpha value is -3.48. The highest BCUT2D eigenvalue weighted by Gasteiger charge is 2.40. The van der Waals surface area contributed by atoms with Crippen LogP contribution >= 0.6 is 0 Å². The molecule has 0 aromatic carbocycles. The third kappa shape index (κ3) is 2.85. The van der Waals surface area contributed by atoms with Crippen molar-refractivity contribution in [2.24, 2.45) is 0 Å². The molecule has 2 aliphatic rings. The van der Waals surface area contributed by atoms with Crippen molar-refractivity contribution in [3.8, 4) is 11.3 Å². The molecule has 0 aliphatic carbocycles. The van der Waals surface area contributed by atoms with Gasteiger partial charge in [-0.3, -0.25) is 15.2 Å². The fraction of sp³-hybridized carbons (Fsp3) is 0.238. The Morgan fingerprint density at radius 3 is 2.96 bits per heavy atom. The second kappa shape index (κ2) is 6.60. The number of amides is 2. The molecule has 1 atom stereocenters. The first kappa shape index (κ1) is 16.7. The van der Waals surface area contributed by atoms with Gasteiger partial charge in [0.1, 0.15) is 5.82 Å². The summed E-state index contributed by atoms with van der Waals surface area (Å²) in [5.74, 6) is 1.23. The molecule has 3 aromatic rings. The largest absolute Gasteiger partial charge is 0.366 e. The van der Waals surface area contributed by atoms with Gasteiger partial charge in [0.05, 0.1) is 17.4 Å². The Kier molecular flexibility index (Phi) is 3.93. The first-order valence-corrected chi connectivity index (χ1v) is 9.38. The highest BCUT2D eigenvalue weighted by molar-refractivity contribution is 6.04. The first-order chi connectivity index (χ1) is 13.7. The van der Waals surface area contributed by atoms with E-state index in [2.05, 4.69) is 32.3 Å². The van der Waals surface area contributed by atoms with Gasteiger partial charge >= 0.3 is 6.03 Å². The van der Waals surface area contributed by atoms with E-state index in [1.807, 2.05) is 31.3 Å². The average Bonchev–Trinajstić information content (AvgIpc) is 3.13. The molecular formula is C21H20N6O. The van der Waals surface area contributed by atoms with Gasteiger partial charge < -0.3 is 4.90 Å². The normalized spacial score (nSPS) is 17.4. The molecule has 0 spiro atoms. The Morgan fingerprint density at radius 2 is 2.14 bits per heavy atom. The average molecular weight is 372 g/mol. The highest BCUT2D eigenvalue weighted by atomic mass is 16.2. The summed E-state index contributed by atoms with van der Waals surface area (Å²) >= 11 is 0. The lowest BCUT2D eigenvalue weighted by Gasteiger charge is -2.35. The second-order valence-electron chi connectivity index (χ2n) is 7.19. The quantitative estimate of drug-likeness (QED) is 0.745. The molecule has 0 saturated carbocycles. The van der Waals surface area contributed by atoms with Crippen LogP contribution < -0.4 is 15.1 Å². The van der Waals surface area contributed by atoms with E-state index in [0.717, 1.165) is 42.0 Å². The van der Waals surface area contributed by atoms with E-state index in [1.54, 1.807) is 23.4 Å². The summed E-state index contributed by atoms with van der Waals surface area (Å²) in [6.07, 6.45) is 6.21. The number of carbonyl (C=O) groups excluding carboxylic acids is 1. The lowest BCUT2D eigenvalue weighted by atomic mass is 10.1. The number of fused-ring (bicyclic) bond motifs is 4. The third-order valence-corrected chi connectivity index (χ3v) is 5.24. The fourth-order valence-corrected chi connectivity index (χ4v) is 3.93. The topological polar surface area (TPSA) is 74.2 Å². The molecule has 28 heavy (non-hydrogen) atoms. The van der Waals surface area contributed by atoms with E-state index in [0.29, 0.717) is 11.6 Å². The Morgan fingerprint density at radius 1 is 1.21 bits per heavy atom. The van der Waals surface area contributed by atoms with E-state index in [9.17, 15) is 4.79 Å². The Labute approximate surface area is 163 Å². The van der Waals surface area contributed by atoms with Crippen LogP contribution in [0.3, 0.4) is 0 Å². The molecule has 2 amide bonds. The molecule has 1 N–H and O–H groups in total. The highest BCUT2D eigenvalue weighted by Crippen LogP contribution is 2.40. The lowest BCUT2D eigenvalue weighted by molar-refractivity contribution is 0.254. The van der Waals surface area contributed by atoms with Gasteiger partial charge in [-0.2, -0.15) is 0 Å². The molecule has 0 radical (unpaired) electrons. The van der Waals surface area contributed by atoms with Crippen molar-refractivity contribution in [3.63, 3.8) is 0 Å². The lowest BCUT2D eigenvalue weighted by Crippen LogP contribution is -2.48. The molecule has 1 fully saturated rings. The van der Waals surface area contributed by atoms with E-state index < -0.39 is 0 Å². The van der Waals surface area contributed by atoms with Gasteiger partial charge in [0.15, 0.2) is 5.82 Å². The van der Waals surface area contributed by atoms with Crippen molar-refractivity contribution < 1.29 is 4.79 Å². The Balaban J connectivity index is 1.54.